The maximum atomic E-state index is 11.5. The Kier molecular flexibility index (Phi) is 3.31. The van der Waals surface area contributed by atoms with Crippen molar-refractivity contribution in [1.82, 2.24) is 4.90 Å². The summed E-state index contributed by atoms with van der Waals surface area (Å²) in [5.41, 5.74) is -2.11. The number of aliphatic hydroxyl groups is 1. The third kappa shape index (κ3) is 2.00. The Morgan fingerprint density at radius 2 is 2.05 bits per heavy atom. The molecular weight excluding hydrogens is 254 g/mol. The number of nitrogens with zero attached hydrogens (tertiary/aromatic N) is 3. The number of piperidine rings is 1. The molecule has 1 N–H and O–H groups in total. The molecule has 106 valence electrons. The Bertz CT molecular complexity index is 452. The van der Waals surface area contributed by atoms with E-state index in [1.54, 1.807) is 17.9 Å². The lowest BCUT2D eigenvalue weighted by molar-refractivity contribution is -0.621. The topological polar surface area (TPSA) is 110 Å². The molecule has 1 aliphatic carbocycles. The predicted molar refractivity (Wildman–Crippen MR) is 66.0 cm³/mol. The van der Waals surface area contributed by atoms with E-state index in [9.17, 15) is 20.2 Å². The van der Waals surface area contributed by atoms with Gasteiger partial charge in [0, 0.05) is 28.4 Å². The lowest BCUT2D eigenvalue weighted by atomic mass is 9.68. The summed E-state index contributed by atoms with van der Waals surface area (Å²) in [5.74, 6) is 0. The van der Waals surface area contributed by atoms with Crippen LogP contribution in [0.4, 0.5) is 0 Å². The van der Waals surface area contributed by atoms with Gasteiger partial charge in [-0.15, -0.1) is 0 Å². The van der Waals surface area contributed by atoms with E-state index in [1.807, 2.05) is 0 Å². The monoisotopic (exact) mass is 271 g/mol. The quantitative estimate of drug-likeness (QED) is 0.440. The highest BCUT2D eigenvalue weighted by Gasteiger charge is 2.64. The largest absolute Gasteiger partial charge is 0.395 e. The van der Waals surface area contributed by atoms with Crippen LogP contribution in [0.25, 0.3) is 0 Å². The molecule has 19 heavy (non-hydrogen) atoms. The van der Waals surface area contributed by atoms with Crippen molar-refractivity contribution >= 4 is 0 Å². The summed E-state index contributed by atoms with van der Waals surface area (Å²) in [6.07, 6.45) is 1.78. The number of hydrogen-bond acceptors (Lipinski definition) is 6. The predicted octanol–water partition coefficient (Wildman–Crippen LogP) is 0.0654. The van der Waals surface area contributed by atoms with Crippen LogP contribution in [0.15, 0.2) is 11.6 Å². The average molecular weight is 271 g/mol. The Hall–Kier alpha value is -1.54. The molecule has 2 atom stereocenters. The number of β-amino-alcohol motifs (C(OH)–C–C–N with tert-alkyl or cyclic N) is 1. The van der Waals surface area contributed by atoms with E-state index in [4.69, 9.17) is 5.11 Å². The summed E-state index contributed by atoms with van der Waals surface area (Å²) >= 11 is 0. The summed E-state index contributed by atoms with van der Waals surface area (Å²) in [5, 5.41) is 31.8. The van der Waals surface area contributed by atoms with Crippen LogP contribution in [0.1, 0.15) is 19.8 Å². The molecule has 0 amide bonds. The minimum atomic E-state index is -1.39. The van der Waals surface area contributed by atoms with Gasteiger partial charge in [0.15, 0.2) is 0 Å². The Morgan fingerprint density at radius 3 is 2.58 bits per heavy atom. The molecule has 8 heteroatoms. The zero-order chi connectivity index (χ0) is 14.3. The summed E-state index contributed by atoms with van der Waals surface area (Å²) < 4.78 is 0. The van der Waals surface area contributed by atoms with E-state index in [2.05, 4.69) is 0 Å². The van der Waals surface area contributed by atoms with E-state index < -0.39 is 20.9 Å². The molecule has 0 aromatic rings. The molecule has 2 bridgehead atoms. The highest BCUT2D eigenvalue weighted by molar-refractivity contribution is 5.25. The Balaban J connectivity index is 2.46. The summed E-state index contributed by atoms with van der Waals surface area (Å²) in [7, 11) is 0. The third-order valence-electron chi connectivity index (χ3n) is 4.30. The standard InChI is InChI=1S/C11H17N3O5/c1-9-2-3-10(13(16)17)6-11(9,14(18)19)8-12(7-10)4-5-15/h2,15H,3-8H2,1H3/t10-,11-/m0/s1. The first-order chi connectivity index (χ1) is 8.86. The van der Waals surface area contributed by atoms with Crippen LogP contribution < -0.4 is 0 Å². The molecule has 1 saturated heterocycles. The number of likely N-dealkylation sites (tertiary alicyclic amines) is 1. The van der Waals surface area contributed by atoms with Crippen molar-refractivity contribution in [3.63, 3.8) is 0 Å². The molecule has 1 heterocycles. The van der Waals surface area contributed by atoms with Crippen LogP contribution in [-0.4, -0.2) is 57.2 Å². The molecule has 2 rings (SSSR count). The number of hydrogen-bond donors (Lipinski definition) is 1. The van der Waals surface area contributed by atoms with Gasteiger partial charge < -0.3 is 5.11 Å². The molecule has 0 aromatic heterocycles. The van der Waals surface area contributed by atoms with E-state index >= 15 is 0 Å². The van der Waals surface area contributed by atoms with Gasteiger partial charge in [0.25, 0.3) is 5.54 Å². The lowest BCUT2D eigenvalue weighted by Crippen LogP contribution is -2.67. The van der Waals surface area contributed by atoms with Crippen molar-refractivity contribution in [2.45, 2.75) is 30.8 Å². The van der Waals surface area contributed by atoms with Crippen LogP contribution in [-0.2, 0) is 0 Å². The molecule has 8 nitrogen and oxygen atoms in total. The fourth-order valence-corrected chi connectivity index (χ4v) is 3.19. The molecule has 0 saturated carbocycles. The third-order valence-corrected chi connectivity index (χ3v) is 4.30. The molecule has 0 aromatic carbocycles. The maximum absolute atomic E-state index is 11.5. The van der Waals surface area contributed by atoms with Crippen LogP contribution in [0, 0.1) is 20.2 Å². The second-order valence-corrected chi connectivity index (χ2v) is 5.47. The molecule has 0 unspecified atom stereocenters. The average Bonchev–Trinajstić information content (AvgIpc) is 2.34. The van der Waals surface area contributed by atoms with E-state index in [0.717, 1.165) is 0 Å². The van der Waals surface area contributed by atoms with E-state index in [1.165, 1.54) is 0 Å². The van der Waals surface area contributed by atoms with Gasteiger partial charge in [0.05, 0.1) is 26.1 Å². The lowest BCUT2D eigenvalue weighted by Gasteiger charge is -2.45. The normalized spacial score (nSPS) is 34.7. The van der Waals surface area contributed by atoms with Crippen molar-refractivity contribution in [2.75, 3.05) is 26.2 Å². The summed E-state index contributed by atoms with van der Waals surface area (Å²) in [4.78, 5) is 23.7. The van der Waals surface area contributed by atoms with Gasteiger partial charge in [0.2, 0.25) is 5.54 Å². The van der Waals surface area contributed by atoms with Gasteiger partial charge in [-0.2, -0.15) is 0 Å². The fraction of sp³-hybridized carbons (Fsp3) is 0.818. The van der Waals surface area contributed by atoms with Crippen molar-refractivity contribution in [2.24, 2.45) is 0 Å². The highest BCUT2D eigenvalue weighted by Crippen LogP contribution is 2.43. The Morgan fingerprint density at radius 1 is 1.37 bits per heavy atom. The van der Waals surface area contributed by atoms with Crippen molar-refractivity contribution in [3.8, 4) is 0 Å². The molecular formula is C11H17N3O5. The van der Waals surface area contributed by atoms with Crippen LogP contribution >= 0.6 is 0 Å². The number of nitro groups is 2. The molecule has 1 fully saturated rings. The van der Waals surface area contributed by atoms with Crippen molar-refractivity contribution < 1.29 is 15.0 Å². The van der Waals surface area contributed by atoms with Gasteiger partial charge in [0.1, 0.15) is 0 Å². The van der Waals surface area contributed by atoms with Gasteiger partial charge in [-0.1, -0.05) is 6.08 Å². The molecule has 0 spiro atoms. The minimum absolute atomic E-state index is 0.0652. The number of aliphatic hydroxyl groups excluding tert-OH is 1. The second-order valence-electron chi connectivity index (χ2n) is 5.47. The zero-order valence-electron chi connectivity index (χ0n) is 10.7. The smallest absolute Gasteiger partial charge is 0.262 e. The first kappa shape index (κ1) is 13.9. The number of rotatable bonds is 4. The van der Waals surface area contributed by atoms with E-state index in [-0.39, 0.29) is 39.1 Å². The van der Waals surface area contributed by atoms with Crippen LogP contribution in [0.3, 0.4) is 0 Å². The number of fused-ring (bicyclic) bond motifs is 2. The van der Waals surface area contributed by atoms with Crippen molar-refractivity contribution in [1.29, 1.82) is 0 Å². The first-order valence-electron chi connectivity index (χ1n) is 6.16. The Labute approximate surface area is 110 Å². The SMILES string of the molecule is CC1=CC[C@@]2([N+](=O)[O-])CN(CCO)C[C@@]1([N+](=O)[O-])C2. The highest BCUT2D eigenvalue weighted by atomic mass is 16.6. The van der Waals surface area contributed by atoms with Gasteiger partial charge in [-0.3, -0.25) is 25.1 Å². The first-order valence-corrected chi connectivity index (χ1v) is 6.16. The fourth-order valence-electron chi connectivity index (χ4n) is 3.19. The molecule has 0 radical (unpaired) electrons. The molecule has 1 aliphatic heterocycles. The van der Waals surface area contributed by atoms with E-state index in [0.29, 0.717) is 5.57 Å². The maximum Gasteiger partial charge on any atom is 0.262 e. The minimum Gasteiger partial charge on any atom is -0.395 e. The van der Waals surface area contributed by atoms with Gasteiger partial charge >= 0.3 is 0 Å². The van der Waals surface area contributed by atoms with Crippen LogP contribution in [0.2, 0.25) is 0 Å². The molecule has 2 aliphatic rings. The second kappa shape index (κ2) is 4.53. The van der Waals surface area contributed by atoms with Crippen LogP contribution in [0.5, 0.6) is 0 Å². The zero-order valence-corrected chi connectivity index (χ0v) is 10.7. The van der Waals surface area contributed by atoms with Gasteiger partial charge in [-0.05, 0) is 6.92 Å². The summed E-state index contributed by atoms with van der Waals surface area (Å²) in [6.45, 7) is 2.00. The summed E-state index contributed by atoms with van der Waals surface area (Å²) in [6, 6.07) is 0. The van der Waals surface area contributed by atoms with Gasteiger partial charge in [-0.25, -0.2) is 0 Å². The van der Waals surface area contributed by atoms with Crippen molar-refractivity contribution in [3.05, 3.63) is 31.9 Å².